The molecular weight excluding hydrogens is 420 g/mol. The normalized spacial score (nSPS) is 18.9. The third-order valence-corrected chi connectivity index (χ3v) is 6.69. The molecular formula is C21H25ClN6O3. The van der Waals surface area contributed by atoms with Gasteiger partial charge in [-0.2, -0.15) is 10.2 Å². The molecule has 3 aromatic heterocycles. The molecule has 2 aliphatic heterocycles. The Balaban J connectivity index is 1.31. The van der Waals surface area contributed by atoms with E-state index in [1.54, 1.807) is 24.9 Å². The van der Waals surface area contributed by atoms with E-state index in [1.807, 2.05) is 34.2 Å². The first-order valence-corrected chi connectivity index (χ1v) is 10.7. The number of likely N-dealkylation sites (tertiary alicyclic amines) is 1. The van der Waals surface area contributed by atoms with Gasteiger partial charge in [0.25, 0.3) is 5.91 Å². The lowest BCUT2D eigenvalue weighted by molar-refractivity contribution is -0.162. The van der Waals surface area contributed by atoms with Crippen molar-refractivity contribution in [2.75, 3.05) is 40.4 Å². The van der Waals surface area contributed by atoms with Crippen molar-refractivity contribution in [2.45, 2.75) is 24.5 Å². The number of carbonyl (C=O) groups is 1. The van der Waals surface area contributed by atoms with Gasteiger partial charge in [-0.3, -0.25) is 9.48 Å². The lowest BCUT2D eigenvalue weighted by atomic mass is 9.93. The van der Waals surface area contributed by atoms with Crippen LogP contribution in [0.25, 0.3) is 16.6 Å². The molecule has 5 rings (SSSR count). The van der Waals surface area contributed by atoms with E-state index in [2.05, 4.69) is 15.5 Å². The second-order valence-electron chi connectivity index (χ2n) is 8.12. The topological polar surface area (TPSA) is 85.9 Å². The molecule has 31 heavy (non-hydrogen) atoms. The minimum Gasteiger partial charge on any atom is -0.494 e. The number of hydrogen-bond acceptors (Lipinski definition) is 6. The van der Waals surface area contributed by atoms with E-state index in [0.29, 0.717) is 37.0 Å². The van der Waals surface area contributed by atoms with E-state index in [1.165, 1.54) is 0 Å². The third kappa shape index (κ3) is 3.37. The summed E-state index contributed by atoms with van der Waals surface area (Å²) >= 11 is 6.23. The van der Waals surface area contributed by atoms with Gasteiger partial charge < -0.3 is 19.7 Å². The molecule has 0 unspecified atom stereocenters. The molecule has 5 heterocycles. The van der Waals surface area contributed by atoms with Gasteiger partial charge in [0, 0.05) is 56.8 Å². The molecule has 0 saturated carbocycles. The smallest absolute Gasteiger partial charge is 0.257 e. The standard InChI is InChI=1S/C21H25ClN6O3/c1-30-18-7-14(10-28-19(18)17(22)9-25-28)15-8-24-27(11-15)16-3-5-26(6-4-16)20(29)21(31-2)12-23-13-21/h7-11,16,23H,3-6,12-13H2,1-2H3. The van der Waals surface area contributed by atoms with Gasteiger partial charge in [0.05, 0.1) is 30.6 Å². The van der Waals surface area contributed by atoms with Gasteiger partial charge >= 0.3 is 0 Å². The predicted molar refractivity (Wildman–Crippen MR) is 115 cm³/mol. The van der Waals surface area contributed by atoms with Crippen LogP contribution in [0.15, 0.2) is 30.9 Å². The van der Waals surface area contributed by atoms with Crippen molar-refractivity contribution in [1.82, 2.24) is 29.6 Å². The maximum absolute atomic E-state index is 12.8. The van der Waals surface area contributed by atoms with Crippen molar-refractivity contribution in [3.05, 3.63) is 35.9 Å². The number of fused-ring (bicyclic) bond motifs is 1. The van der Waals surface area contributed by atoms with Gasteiger partial charge in [0.15, 0.2) is 5.60 Å². The molecule has 0 radical (unpaired) electrons. The van der Waals surface area contributed by atoms with Gasteiger partial charge in [0.2, 0.25) is 0 Å². The van der Waals surface area contributed by atoms with Crippen LogP contribution in [0.2, 0.25) is 5.02 Å². The summed E-state index contributed by atoms with van der Waals surface area (Å²) < 4.78 is 14.7. The number of ether oxygens (including phenoxy) is 2. The first kappa shape index (κ1) is 20.3. The van der Waals surface area contributed by atoms with Crippen LogP contribution >= 0.6 is 11.6 Å². The number of halogens is 1. The lowest BCUT2D eigenvalue weighted by Gasteiger charge is -2.44. The van der Waals surface area contributed by atoms with Crippen LogP contribution in [-0.2, 0) is 9.53 Å². The summed E-state index contributed by atoms with van der Waals surface area (Å²) in [4.78, 5) is 14.8. The highest BCUT2D eigenvalue weighted by Gasteiger charge is 2.47. The molecule has 1 N–H and O–H groups in total. The zero-order valence-electron chi connectivity index (χ0n) is 17.5. The molecule has 3 aromatic rings. The van der Waals surface area contributed by atoms with Gasteiger partial charge in [-0.1, -0.05) is 11.6 Å². The Bertz CT molecular complexity index is 1110. The SMILES string of the molecule is COc1cc(-c2cnn(C3CCN(C(=O)C4(OC)CNC4)CC3)c2)cn2ncc(Cl)c12. The van der Waals surface area contributed by atoms with E-state index < -0.39 is 5.60 Å². The maximum Gasteiger partial charge on any atom is 0.257 e. The monoisotopic (exact) mass is 444 g/mol. The van der Waals surface area contributed by atoms with Crippen LogP contribution in [0.5, 0.6) is 5.75 Å². The predicted octanol–water partition coefficient (Wildman–Crippen LogP) is 2.01. The average molecular weight is 445 g/mol. The molecule has 0 bridgehead atoms. The van der Waals surface area contributed by atoms with E-state index in [9.17, 15) is 4.79 Å². The number of nitrogens with one attached hydrogen (secondary N) is 1. The Labute approximate surface area is 184 Å². The Morgan fingerprint density at radius 1 is 1.16 bits per heavy atom. The first-order valence-electron chi connectivity index (χ1n) is 10.4. The third-order valence-electron chi connectivity index (χ3n) is 6.41. The molecule has 9 nitrogen and oxygen atoms in total. The minimum absolute atomic E-state index is 0.0895. The van der Waals surface area contributed by atoms with Crippen molar-refractivity contribution >= 4 is 23.0 Å². The van der Waals surface area contributed by atoms with Gasteiger partial charge in [-0.25, -0.2) is 4.52 Å². The molecule has 2 fully saturated rings. The summed E-state index contributed by atoms with van der Waals surface area (Å²) in [5.41, 5.74) is 1.98. The van der Waals surface area contributed by atoms with E-state index in [4.69, 9.17) is 21.1 Å². The summed E-state index contributed by atoms with van der Waals surface area (Å²) in [5, 5.41) is 12.6. The summed E-state index contributed by atoms with van der Waals surface area (Å²) in [6, 6.07) is 2.20. The highest BCUT2D eigenvalue weighted by Crippen LogP contribution is 2.33. The highest BCUT2D eigenvalue weighted by molar-refractivity contribution is 6.34. The van der Waals surface area contributed by atoms with Crippen LogP contribution < -0.4 is 10.1 Å². The molecule has 1 amide bonds. The van der Waals surface area contributed by atoms with Gasteiger partial charge in [-0.05, 0) is 18.9 Å². The van der Waals surface area contributed by atoms with Crippen molar-refractivity contribution in [3.8, 4) is 16.9 Å². The molecule has 0 spiro atoms. The zero-order valence-corrected chi connectivity index (χ0v) is 18.3. The van der Waals surface area contributed by atoms with Gasteiger partial charge in [0.1, 0.15) is 11.3 Å². The Morgan fingerprint density at radius 3 is 2.58 bits per heavy atom. The summed E-state index contributed by atoms with van der Waals surface area (Å²) in [6.07, 6.45) is 9.14. The average Bonchev–Trinajstić information content (AvgIpc) is 3.40. The molecule has 164 valence electrons. The van der Waals surface area contributed by atoms with E-state index in [0.717, 1.165) is 29.5 Å². The summed E-state index contributed by atoms with van der Waals surface area (Å²) in [5.74, 6) is 0.753. The summed E-state index contributed by atoms with van der Waals surface area (Å²) in [6.45, 7) is 2.57. The quantitative estimate of drug-likeness (QED) is 0.648. The number of rotatable bonds is 5. The van der Waals surface area contributed by atoms with E-state index in [-0.39, 0.29) is 11.9 Å². The van der Waals surface area contributed by atoms with Crippen molar-refractivity contribution < 1.29 is 14.3 Å². The number of aromatic nitrogens is 4. The molecule has 0 aromatic carbocycles. The Morgan fingerprint density at radius 2 is 1.94 bits per heavy atom. The minimum atomic E-state index is -0.682. The number of amides is 1. The molecule has 0 aliphatic carbocycles. The number of pyridine rings is 1. The van der Waals surface area contributed by atoms with Crippen molar-refractivity contribution in [2.24, 2.45) is 0 Å². The fourth-order valence-corrected chi connectivity index (χ4v) is 4.63. The van der Waals surface area contributed by atoms with Gasteiger partial charge in [-0.15, -0.1) is 0 Å². The molecule has 2 aliphatic rings. The van der Waals surface area contributed by atoms with Crippen LogP contribution in [0.3, 0.4) is 0 Å². The van der Waals surface area contributed by atoms with Crippen LogP contribution in [0.4, 0.5) is 0 Å². The van der Waals surface area contributed by atoms with E-state index >= 15 is 0 Å². The molecule has 10 heteroatoms. The van der Waals surface area contributed by atoms with Crippen molar-refractivity contribution in [1.29, 1.82) is 0 Å². The largest absolute Gasteiger partial charge is 0.494 e. The van der Waals surface area contributed by atoms with Crippen molar-refractivity contribution in [3.63, 3.8) is 0 Å². The van der Waals surface area contributed by atoms with Crippen LogP contribution in [0, 0.1) is 0 Å². The Hall–Kier alpha value is -2.62. The number of nitrogens with zero attached hydrogens (tertiary/aromatic N) is 5. The second-order valence-corrected chi connectivity index (χ2v) is 8.52. The fourth-order valence-electron chi connectivity index (χ4n) is 4.41. The highest BCUT2D eigenvalue weighted by atomic mass is 35.5. The number of hydrogen-bond donors (Lipinski definition) is 1. The molecule has 2 saturated heterocycles. The maximum atomic E-state index is 12.8. The number of methoxy groups -OCH3 is 2. The van der Waals surface area contributed by atoms with Crippen LogP contribution in [-0.4, -0.2) is 76.2 Å². The first-order chi connectivity index (χ1) is 15.0. The zero-order chi connectivity index (χ0) is 21.6. The number of carbonyl (C=O) groups excluding carboxylic acids is 1. The lowest BCUT2D eigenvalue weighted by Crippen LogP contribution is -2.69. The summed E-state index contributed by atoms with van der Waals surface area (Å²) in [7, 11) is 3.23. The fraction of sp³-hybridized carbons (Fsp3) is 0.476. The Kier molecular flexibility index (Phi) is 5.11. The van der Waals surface area contributed by atoms with Crippen LogP contribution in [0.1, 0.15) is 18.9 Å². The molecule has 0 atom stereocenters. The second kappa shape index (κ2) is 7.81. The number of piperidine rings is 1.